The van der Waals surface area contributed by atoms with Crippen LogP contribution in [0.15, 0.2) is 47.3 Å². The van der Waals surface area contributed by atoms with Gasteiger partial charge in [0.05, 0.1) is 0 Å². The quantitative estimate of drug-likeness (QED) is 0.603. The minimum atomic E-state index is -0.184. The van der Waals surface area contributed by atoms with E-state index < -0.39 is 0 Å². The van der Waals surface area contributed by atoms with E-state index in [4.69, 9.17) is 0 Å². The lowest BCUT2D eigenvalue weighted by Gasteiger charge is -2.08. The molecule has 0 aliphatic carbocycles. The van der Waals surface area contributed by atoms with Crippen molar-refractivity contribution >= 4 is 22.6 Å². The van der Waals surface area contributed by atoms with Crippen LogP contribution >= 0.6 is 0 Å². The average Bonchev–Trinajstić information content (AvgIpc) is 2.67. The molecule has 0 radical (unpaired) electrons. The Morgan fingerprint density at radius 3 is 2.48 bits per heavy atom. The fourth-order valence-electron chi connectivity index (χ4n) is 3.57. The van der Waals surface area contributed by atoms with Crippen LogP contribution in [-0.4, -0.2) is 23.2 Å². The summed E-state index contributed by atoms with van der Waals surface area (Å²) in [6, 6.07) is 13.3. The molecule has 2 aromatic carbocycles. The molecular formula is C24H26N2O3. The van der Waals surface area contributed by atoms with Crippen LogP contribution in [0.5, 0.6) is 0 Å². The van der Waals surface area contributed by atoms with E-state index in [-0.39, 0.29) is 30.1 Å². The summed E-state index contributed by atoms with van der Waals surface area (Å²) >= 11 is 0. The van der Waals surface area contributed by atoms with Gasteiger partial charge in [0.25, 0.3) is 5.56 Å². The minimum absolute atomic E-state index is 0.0324. The van der Waals surface area contributed by atoms with Crippen LogP contribution in [-0.2, 0) is 11.2 Å². The number of ketones is 1. The van der Waals surface area contributed by atoms with Crippen molar-refractivity contribution in [3.05, 3.63) is 80.6 Å². The number of aryl methyl sites for hydroxylation is 3. The lowest BCUT2D eigenvalue weighted by atomic mass is 10.0. The third-order valence-corrected chi connectivity index (χ3v) is 5.13. The number of aromatic nitrogens is 1. The van der Waals surface area contributed by atoms with Gasteiger partial charge in [0.15, 0.2) is 5.78 Å². The number of H-pyrrole nitrogens is 1. The standard InChI is InChI=1S/C24H26N2O3/c1-15-12-17(3)20-14-18(24(29)26-21(20)13-15)10-11-25-23(28)9-8-22(27)19-7-5-4-6-16(19)2/h4-7,12-14H,8-11H2,1-3H3,(H,25,28)(H,26,29). The molecule has 0 saturated carbocycles. The predicted octanol–water partition coefficient (Wildman–Crippen LogP) is 3.78. The Kier molecular flexibility index (Phi) is 6.27. The number of benzene rings is 2. The first kappa shape index (κ1) is 20.5. The first-order valence-electron chi connectivity index (χ1n) is 9.84. The van der Waals surface area contributed by atoms with Gasteiger partial charge in [-0.1, -0.05) is 30.3 Å². The number of nitrogens with one attached hydrogen (secondary N) is 2. The SMILES string of the molecule is Cc1cc(C)c2cc(CCNC(=O)CCC(=O)c3ccccc3C)c(=O)[nH]c2c1. The zero-order valence-corrected chi connectivity index (χ0v) is 17.1. The summed E-state index contributed by atoms with van der Waals surface area (Å²) in [5.41, 5.74) is 5.12. The van der Waals surface area contributed by atoms with Crippen molar-refractivity contribution in [2.75, 3.05) is 6.54 Å². The highest BCUT2D eigenvalue weighted by Crippen LogP contribution is 2.18. The highest BCUT2D eigenvalue weighted by atomic mass is 16.2. The van der Waals surface area contributed by atoms with Gasteiger partial charge in [0, 0.05) is 41.4 Å². The molecule has 1 aromatic heterocycles. The molecule has 0 bridgehead atoms. The number of hydrogen-bond donors (Lipinski definition) is 2. The maximum Gasteiger partial charge on any atom is 0.251 e. The number of carbonyl (C=O) groups excluding carboxylic acids is 2. The highest BCUT2D eigenvalue weighted by molar-refractivity contribution is 5.99. The van der Waals surface area contributed by atoms with Crippen LogP contribution in [0, 0.1) is 20.8 Å². The van der Waals surface area contributed by atoms with Crippen LogP contribution in [0.4, 0.5) is 0 Å². The molecule has 0 saturated heterocycles. The number of aromatic amines is 1. The number of amides is 1. The fourth-order valence-corrected chi connectivity index (χ4v) is 3.57. The Hall–Kier alpha value is -3.21. The van der Waals surface area contributed by atoms with Crippen LogP contribution < -0.4 is 10.9 Å². The van der Waals surface area contributed by atoms with Gasteiger partial charge >= 0.3 is 0 Å². The van der Waals surface area contributed by atoms with E-state index in [2.05, 4.69) is 16.4 Å². The van der Waals surface area contributed by atoms with Gasteiger partial charge in [0.2, 0.25) is 5.91 Å². The zero-order chi connectivity index (χ0) is 21.0. The van der Waals surface area contributed by atoms with Crippen molar-refractivity contribution in [3.63, 3.8) is 0 Å². The van der Waals surface area contributed by atoms with Gasteiger partial charge in [-0.15, -0.1) is 0 Å². The summed E-state index contributed by atoms with van der Waals surface area (Å²) < 4.78 is 0. The second-order valence-corrected chi connectivity index (χ2v) is 7.50. The maximum atomic E-state index is 12.3. The van der Waals surface area contributed by atoms with Gasteiger partial charge in [-0.2, -0.15) is 0 Å². The van der Waals surface area contributed by atoms with E-state index in [9.17, 15) is 14.4 Å². The number of carbonyl (C=O) groups is 2. The summed E-state index contributed by atoms with van der Waals surface area (Å²) in [6.45, 7) is 6.26. The number of Topliss-reactive ketones (excluding diaryl/α,β-unsaturated/α-hetero) is 1. The van der Waals surface area contributed by atoms with Gasteiger partial charge < -0.3 is 10.3 Å². The molecule has 0 aliphatic rings. The van der Waals surface area contributed by atoms with Crippen LogP contribution in [0.1, 0.15) is 45.5 Å². The summed E-state index contributed by atoms with van der Waals surface area (Å²) in [4.78, 5) is 39.6. The van der Waals surface area contributed by atoms with Crippen molar-refractivity contribution in [2.24, 2.45) is 0 Å². The Labute approximate surface area is 170 Å². The predicted molar refractivity (Wildman–Crippen MR) is 115 cm³/mol. The van der Waals surface area contributed by atoms with Crippen LogP contribution in [0.2, 0.25) is 0 Å². The molecule has 3 aromatic rings. The Morgan fingerprint density at radius 1 is 0.966 bits per heavy atom. The van der Waals surface area contributed by atoms with Crippen LogP contribution in [0.25, 0.3) is 10.9 Å². The Morgan fingerprint density at radius 2 is 1.72 bits per heavy atom. The van der Waals surface area contributed by atoms with E-state index in [1.807, 2.05) is 51.1 Å². The number of hydrogen-bond acceptors (Lipinski definition) is 3. The summed E-state index contributed by atoms with van der Waals surface area (Å²) in [6.07, 6.45) is 0.751. The lowest BCUT2D eigenvalue weighted by Crippen LogP contribution is -2.27. The smallest absolute Gasteiger partial charge is 0.251 e. The summed E-state index contributed by atoms with van der Waals surface area (Å²) in [5, 5.41) is 3.82. The molecule has 0 unspecified atom stereocenters. The molecule has 0 atom stereocenters. The van der Waals surface area contributed by atoms with Crippen molar-refractivity contribution in [1.29, 1.82) is 0 Å². The third-order valence-electron chi connectivity index (χ3n) is 5.13. The van der Waals surface area contributed by atoms with E-state index in [1.54, 1.807) is 6.07 Å². The second-order valence-electron chi connectivity index (χ2n) is 7.50. The highest BCUT2D eigenvalue weighted by Gasteiger charge is 2.11. The lowest BCUT2D eigenvalue weighted by molar-refractivity contribution is -0.121. The summed E-state index contributed by atoms with van der Waals surface area (Å²) in [7, 11) is 0. The number of pyridine rings is 1. The third kappa shape index (κ3) is 4.99. The zero-order valence-electron chi connectivity index (χ0n) is 17.1. The van der Waals surface area contributed by atoms with E-state index >= 15 is 0 Å². The van der Waals surface area contributed by atoms with Crippen molar-refractivity contribution in [3.8, 4) is 0 Å². The molecule has 1 amide bonds. The topological polar surface area (TPSA) is 79.0 Å². The number of rotatable bonds is 7. The van der Waals surface area contributed by atoms with E-state index in [0.29, 0.717) is 24.1 Å². The van der Waals surface area contributed by atoms with Gasteiger partial charge in [-0.3, -0.25) is 14.4 Å². The molecular weight excluding hydrogens is 364 g/mol. The molecule has 1 heterocycles. The second kappa shape index (κ2) is 8.86. The van der Waals surface area contributed by atoms with Gasteiger partial charge in [-0.05, 0) is 56.0 Å². The molecule has 0 spiro atoms. The normalized spacial score (nSPS) is 10.9. The van der Waals surface area contributed by atoms with Crippen molar-refractivity contribution in [1.82, 2.24) is 10.3 Å². The molecule has 3 rings (SSSR count). The molecule has 29 heavy (non-hydrogen) atoms. The maximum absolute atomic E-state index is 12.3. The molecule has 0 aliphatic heterocycles. The first-order valence-corrected chi connectivity index (χ1v) is 9.84. The van der Waals surface area contributed by atoms with E-state index in [0.717, 1.165) is 27.6 Å². The first-order chi connectivity index (χ1) is 13.8. The Balaban J connectivity index is 1.55. The molecule has 5 nitrogen and oxygen atoms in total. The van der Waals surface area contributed by atoms with Crippen molar-refractivity contribution in [2.45, 2.75) is 40.0 Å². The minimum Gasteiger partial charge on any atom is -0.356 e. The summed E-state index contributed by atoms with van der Waals surface area (Å²) in [5.74, 6) is -0.217. The molecule has 0 fully saturated rings. The van der Waals surface area contributed by atoms with Gasteiger partial charge in [-0.25, -0.2) is 0 Å². The average molecular weight is 390 g/mol. The van der Waals surface area contributed by atoms with Crippen LogP contribution in [0.3, 0.4) is 0 Å². The molecule has 5 heteroatoms. The van der Waals surface area contributed by atoms with E-state index in [1.165, 1.54) is 0 Å². The monoisotopic (exact) mass is 390 g/mol. The van der Waals surface area contributed by atoms with Crippen molar-refractivity contribution < 1.29 is 9.59 Å². The molecule has 2 N–H and O–H groups in total. The Bertz CT molecular complexity index is 1130. The number of fused-ring (bicyclic) bond motifs is 1. The van der Waals surface area contributed by atoms with Gasteiger partial charge in [0.1, 0.15) is 0 Å². The largest absolute Gasteiger partial charge is 0.356 e. The fraction of sp³-hybridized carbons (Fsp3) is 0.292. The molecule has 150 valence electrons.